The molecule has 0 aliphatic rings. The molecule has 0 aliphatic heterocycles. The molecule has 1 aromatic carbocycles. The van der Waals surface area contributed by atoms with Crippen LogP contribution in [0, 0.1) is 37.9 Å². The normalized spacial score (nSPS) is 10.4. The molecule has 0 aliphatic carbocycles. The molecule has 5 aromatic rings. The molecule has 0 unspecified atom stereocenters. The highest BCUT2D eigenvalue weighted by molar-refractivity contribution is 5.16. The van der Waals surface area contributed by atoms with E-state index in [0.717, 1.165) is 37.8 Å². The number of unbranched alkanes of at least 4 members (excludes halogenated alkanes) is 1. The van der Waals surface area contributed by atoms with Crippen molar-refractivity contribution >= 4 is 0 Å². The monoisotopic (exact) mass is 1140 g/mol. The highest BCUT2D eigenvalue weighted by Crippen LogP contribution is 2.23. The van der Waals surface area contributed by atoms with Crippen molar-refractivity contribution in [1.29, 1.82) is 0 Å². The SMILES string of the molecule is C.C.C.C.C.C/C=C/CC(C)(C)C.CC.CC.CC(C)(C)Cc1ccccc1.CC(C)(C)Cc1ccccn1.CC(C)(C)Cc1cccnc1.CC(C)(C)Cc1ccncc1.CC(C)(C)Cc1cnccn1.CCC(C)(C)C.CCCC. The van der Waals surface area contributed by atoms with Crippen molar-refractivity contribution in [1.82, 2.24) is 24.9 Å². The second kappa shape index (κ2) is 55.7. The van der Waals surface area contributed by atoms with E-state index in [2.05, 4.69) is 265 Å². The maximum absolute atomic E-state index is 4.26. The summed E-state index contributed by atoms with van der Waals surface area (Å²) < 4.78 is 0. The maximum Gasteiger partial charge on any atom is 0.0591 e. The van der Waals surface area contributed by atoms with Gasteiger partial charge in [-0.2, -0.15) is 0 Å². The molecular weight excluding hydrogens is 995 g/mol. The first kappa shape index (κ1) is 99.5. The Balaban J connectivity index is -0.0000000899. The molecule has 0 saturated heterocycles. The summed E-state index contributed by atoms with van der Waals surface area (Å²) in [6.07, 6.45) is 29.4. The number of allylic oxidation sites excluding steroid dienone is 2. The average Bonchev–Trinajstić information content (AvgIpc) is 3.32. The van der Waals surface area contributed by atoms with Crippen LogP contribution in [0.4, 0.5) is 0 Å². The topological polar surface area (TPSA) is 64.5 Å². The van der Waals surface area contributed by atoms with E-state index in [-0.39, 0.29) is 37.1 Å². The third-order valence-electron chi connectivity index (χ3n) is 9.81. The molecule has 82 heavy (non-hydrogen) atoms. The van der Waals surface area contributed by atoms with Crippen LogP contribution in [0.15, 0.2) is 135 Å². The third kappa shape index (κ3) is 86.7. The van der Waals surface area contributed by atoms with Gasteiger partial charge < -0.3 is 0 Å². The van der Waals surface area contributed by atoms with Crippen LogP contribution in [0.1, 0.15) is 292 Å². The lowest BCUT2D eigenvalue weighted by Crippen LogP contribution is -2.10. The van der Waals surface area contributed by atoms with Gasteiger partial charge in [-0.05, 0) is 130 Å². The van der Waals surface area contributed by atoms with Crippen LogP contribution >= 0.6 is 0 Å². The van der Waals surface area contributed by atoms with Gasteiger partial charge in [0.25, 0.3) is 0 Å². The molecule has 4 heterocycles. The molecule has 4 aromatic heterocycles. The van der Waals surface area contributed by atoms with Crippen LogP contribution in [-0.4, -0.2) is 24.9 Å². The van der Waals surface area contributed by atoms with Crippen molar-refractivity contribution in [3.05, 3.63) is 163 Å². The summed E-state index contributed by atoms with van der Waals surface area (Å²) in [7, 11) is 0. The minimum Gasteiger partial charge on any atom is -0.265 e. The van der Waals surface area contributed by atoms with Crippen molar-refractivity contribution in [2.45, 2.75) is 296 Å². The van der Waals surface area contributed by atoms with E-state index in [1.807, 2.05) is 83.1 Å². The summed E-state index contributed by atoms with van der Waals surface area (Å²) in [6, 6.07) is 25.0. The summed E-state index contributed by atoms with van der Waals surface area (Å²) >= 11 is 0. The first-order valence-corrected chi connectivity index (χ1v) is 29.5. The lowest BCUT2D eigenvalue weighted by atomic mass is 9.88. The Morgan fingerprint density at radius 2 is 0.695 bits per heavy atom. The molecule has 0 amide bonds. The summed E-state index contributed by atoms with van der Waals surface area (Å²) in [5, 5.41) is 0. The van der Waals surface area contributed by atoms with Crippen molar-refractivity contribution in [2.75, 3.05) is 0 Å². The highest BCUT2D eigenvalue weighted by Gasteiger charge is 2.14. The lowest BCUT2D eigenvalue weighted by Gasteiger charge is -2.17. The van der Waals surface area contributed by atoms with Crippen molar-refractivity contribution in [3.63, 3.8) is 0 Å². The van der Waals surface area contributed by atoms with Crippen LogP contribution < -0.4 is 0 Å². The van der Waals surface area contributed by atoms with E-state index in [1.165, 1.54) is 48.1 Å². The molecule has 0 N–H and O–H groups in total. The predicted molar refractivity (Wildman–Crippen MR) is 383 cm³/mol. The zero-order valence-corrected chi connectivity index (χ0v) is 56.3. The number of pyridine rings is 3. The fraction of sp³-hybridized carbons (Fsp3) is 0.649. The van der Waals surface area contributed by atoms with Crippen LogP contribution in [0.2, 0.25) is 0 Å². The molecule has 0 fully saturated rings. The summed E-state index contributed by atoms with van der Waals surface area (Å²) in [4.78, 5) is 20.5. The molecule has 5 rings (SSSR count). The highest BCUT2D eigenvalue weighted by atomic mass is 14.8. The third-order valence-corrected chi connectivity index (χ3v) is 9.81. The van der Waals surface area contributed by atoms with Gasteiger partial charge in [0.05, 0.1) is 5.69 Å². The van der Waals surface area contributed by atoms with E-state index < -0.39 is 0 Å². The van der Waals surface area contributed by atoms with E-state index >= 15 is 0 Å². The second-order valence-corrected chi connectivity index (χ2v) is 27.7. The first-order chi connectivity index (χ1) is 35.4. The summed E-state index contributed by atoms with van der Waals surface area (Å²) in [6.45, 7) is 63.6. The van der Waals surface area contributed by atoms with Gasteiger partial charge in [0.2, 0.25) is 0 Å². The number of benzene rings is 1. The molecule has 0 radical (unpaired) electrons. The number of hydrogen-bond acceptors (Lipinski definition) is 5. The predicted octanol–water partition coefficient (Wildman–Crippen LogP) is 25.8. The molecular formula is C77H147N5. The van der Waals surface area contributed by atoms with Crippen molar-refractivity contribution in [3.8, 4) is 0 Å². The van der Waals surface area contributed by atoms with Gasteiger partial charge in [0.1, 0.15) is 0 Å². The van der Waals surface area contributed by atoms with E-state index in [9.17, 15) is 0 Å². The smallest absolute Gasteiger partial charge is 0.0591 e. The van der Waals surface area contributed by atoms with Gasteiger partial charge >= 0.3 is 0 Å². The zero-order chi connectivity index (χ0) is 60.8. The van der Waals surface area contributed by atoms with Crippen molar-refractivity contribution < 1.29 is 0 Å². The van der Waals surface area contributed by atoms with Gasteiger partial charge in [-0.1, -0.05) is 305 Å². The van der Waals surface area contributed by atoms with Gasteiger partial charge in [-0.15, -0.1) is 0 Å². The Morgan fingerprint density at radius 1 is 0.329 bits per heavy atom. The van der Waals surface area contributed by atoms with Crippen LogP contribution in [0.25, 0.3) is 0 Å². The van der Waals surface area contributed by atoms with Gasteiger partial charge in [-0.3, -0.25) is 24.9 Å². The Morgan fingerprint density at radius 3 is 1.00 bits per heavy atom. The number of hydrogen-bond donors (Lipinski definition) is 0. The molecule has 0 spiro atoms. The fourth-order valence-corrected chi connectivity index (χ4v) is 5.92. The largest absolute Gasteiger partial charge is 0.265 e. The Bertz CT molecular complexity index is 1680. The quantitative estimate of drug-likeness (QED) is 0.152. The van der Waals surface area contributed by atoms with Crippen molar-refractivity contribution in [2.24, 2.45) is 37.9 Å². The zero-order valence-electron chi connectivity index (χ0n) is 56.3. The standard InChI is InChI=1S/C11H16.3C10H15N.C9H14N2.C8H16.C6H14.C4H10.2C2H6.5CH4/c1-11(2,3)9-10-7-5-4-6-8-10;1-10(2,3)8-9-4-6-11-7-5-9;1-10(2,3)7-9-5-4-6-11-8-9;1-10(2,3)8-9-6-4-5-7-11-9;1-9(2,3)6-8-7-10-4-5-11-8;1-5-6-7-8(2,3)4;1-5-6(2,3)4;1-3-4-2;2*1-2;;;;;/h4-8H,9H2,1-3H3;4-7H,8H2,1-3H3;4-6,8H,7H2,1-3H3;4-7H,8H2,1-3H3;4-5,7H,6H2,1-3H3;5-6H,7H2,1-4H3;5H2,1-4H3;3-4H2,1-2H3;2*1-2H3;5*1H4/b;;;;;6-5+;;;;;;;;;. The molecule has 0 saturated carbocycles. The van der Waals surface area contributed by atoms with E-state index in [0.29, 0.717) is 37.9 Å². The molecule has 0 bridgehead atoms. The van der Waals surface area contributed by atoms with Crippen LogP contribution in [0.5, 0.6) is 0 Å². The minimum atomic E-state index is 0. The molecule has 480 valence electrons. The minimum absolute atomic E-state index is 0. The Labute approximate surface area is 518 Å². The molecule has 0 atom stereocenters. The Kier molecular flexibility index (Phi) is 67.6. The number of nitrogens with zero attached hydrogens (tertiary/aromatic N) is 5. The summed E-state index contributed by atoms with van der Waals surface area (Å²) in [5.74, 6) is 0. The number of rotatable bonds is 7. The van der Waals surface area contributed by atoms with Crippen LogP contribution in [0.3, 0.4) is 0 Å². The average molecular weight is 1140 g/mol. The molecule has 5 heteroatoms. The lowest BCUT2D eigenvalue weighted by molar-refractivity contribution is 0.398. The molecule has 5 nitrogen and oxygen atoms in total. The maximum atomic E-state index is 4.26. The van der Waals surface area contributed by atoms with Gasteiger partial charge in [0.15, 0.2) is 0 Å². The first-order valence-electron chi connectivity index (χ1n) is 29.5. The van der Waals surface area contributed by atoms with Gasteiger partial charge in [-0.25, -0.2) is 0 Å². The van der Waals surface area contributed by atoms with E-state index in [4.69, 9.17) is 0 Å². The Hall–Kier alpha value is -4.51. The second-order valence-electron chi connectivity index (χ2n) is 27.7. The summed E-state index contributed by atoms with van der Waals surface area (Å²) in [5.41, 5.74) is 9.16. The van der Waals surface area contributed by atoms with E-state index in [1.54, 1.807) is 12.4 Å². The fourth-order valence-electron chi connectivity index (χ4n) is 5.92. The van der Waals surface area contributed by atoms with Crippen LogP contribution in [-0.2, 0) is 32.1 Å². The van der Waals surface area contributed by atoms with Gasteiger partial charge in [0, 0.05) is 55.3 Å². The number of aromatic nitrogens is 5.